The minimum Gasteiger partial charge on any atom is -0.271 e. The third kappa shape index (κ3) is 1.37. The molecule has 1 aliphatic carbocycles. The SMILES string of the molecule is NNC(c1ccsn1)C1CCC1. The normalized spacial score (nSPS) is 20.4. The summed E-state index contributed by atoms with van der Waals surface area (Å²) in [4.78, 5) is 0. The standard InChI is InChI=1S/C8H13N3S/c9-10-8(6-2-1-3-6)7-4-5-12-11-7/h4-6,8,10H,1-3,9H2. The minimum atomic E-state index is 0.282. The van der Waals surface area contributed by atoms with Gasteiger partial charge in [0.1, 0.15) is 0 Å². The van der Waals surface area contributed by atoms with E-state index in [1.807, 2.05) is 11.4 Å². The number of hydrazine groups is 1. The van der Waals surface area contributed by atoms with Crippen LogP contribution in [0.1, 0.15) is 31.0 Å². The van der Waals surface area contributed by atoms with Crippen LogP contribution >= 0.6 is 11.5 Å². The van der Waals surface area contributed by atoms with E-state index in [9.17, 15) is 0 Å². The lowest BCUT2D eigenvalue weighted by molar-refractivity contribution is 0.229. The van der Waals surface area contributed by atoms with E-state index in [0.29, 0.717) is 5.92 Å². The molecule has 1 aliphatic rings. The van der Waals surface area contributed by atoms with E-state index in [1.165, 1.54) is 30.8 Å². The molecule has 0 spiro atoms. The fourth-order valence-electron chi connectivity index (χ4n) is 1.62. The number of rotatable bonds is 3. The molecule has 0 radical (unpaired) electrons. The van der Waals surface area contributed by atoms with Crippen LogP contribution < -0.4 is 11.3 Å². The van der Waals surface area contributed by atoms with E-state index in [0.717, 1.165) is 5.69 Å². The lowest BCUT2D eigenvalue weighted by Crippen LogP contribution is -2.36. The molecule has 1 fully saturated rings. The first kappa shape index (κ1) is 8.16. The Morgan fingerprint density at radius 1 is 1.67 bits per heavy atom. The molecule has 1 aromatic heterocycles. The summed E-state index contributed by atoms with van der Waals surface area (Å²) < 4.78 is 4.29. The summed E-state index contributed by atoms with van der Waals surface area (Å²) in [6.07, 6.45) is 3.91. The van der Waals surface area contributed by atoms with E-state index in [-0.39, 0.29) is 6.04 Å². The van der Waals surface area contributed by atoms with E-state index in [1.54, 1.807) is 0 Å². The zero-order valence-electron chi connectivity index (χ0n) is 6.86. The number of hydrogen-bond acceptors (Lipinski definition) is 4. The maximum Gasteiger partial charge on any atom is 0.0727 e. The highest BCUT2D eigenvalue weighted by Crippen LogP contribution is 2.36. The molecule has 3 N–H and O–H groups in total. The van der Waals surface area contributed by atoms with E-state index in [4.69, 9.17) is 5.84 Å². The second-order valence-corrected chi connectivity index (χ2v) is 3.93. The van der Waals surface area contributed by atoms with Gasteiger partial charge in [-0.25, -0.2) is 0 Å². The van der Waals surface area contributed by atoms with Crippen molar-refractivity contribution in [1.82, 2.24) is 9.80 Å². The van der Waals surface area contributed by atoms with Crippen LogP contribution in [0.5, 0.6) is 0 Å². The van der Waals surface area contributed by atoms with Crippen LogP contribution in [0.2, 0.25) is 0 Å². The molecule has 0 saturated heterocycles. The molecule has 0 bridgehead atoms. The van der Waals surface area contributed by atoms with Gasteiger partial charge in [0.25, 0.3) is 0 Å². The predicted octanol–water partition coefficient (Wildman–Crippen LogP) is 1.45. The molecule has 1 atom stereocenters. The summed E-state index contributed by atoms with van der Waals surface area (Å²) in [5, 5.41) is 2.00. The zero-order chi connectivity index (χ0) is 8.39. The van der Waals surface area contributed by atoms with Gasteiger partial charge in [-0.15, -0.1) is 0 Å². The molecule has 0 aromatic carbocycles. The van der Waals surface area contributed by atoms with Gasteiger partial charge in [0, 0.05) is 5.38 Å². The lowest BCUT2D eigenvalue weighted by atomic mass is 9.79. The fourth-order valence-corrected chi connectivity index (χ4v) is 2.18. The fraction of sp³-hybridized carbons (Fsp3) is 0.625. The van der Waals surface area contributed by atoms with Crippen LogP contribution in [-0.2, 0) is 0 Å². The average molecular weight is 183 g/mol. The Morgan fingerprint density at radius 3 is 2.92 bits per heavy atom. The Balaban J connectivity index is 2.07. The summed E-state index contributed by atoms with van der Waals surface area (Å²) in [6, 6.07) is 2.33. The highest BCUT2D eigenvalue weighted by Gasteiger charge is 2.28. The molecule has 1 unspecified atom stereocenters. The highest BCUT2D eigenvalue weighted by molar-refractivity contribution is 7.03. The largest absolute Gasteiger partial charge is 0.271 e. The van der Waals surface area contributed by atoms with Crippen molar-refractivity contribution in [2.24, 2.45) is 11.8 Å². The molecule has 1 aromatic rings. The topological polar surface area (TPSA) is 50.9 Å². The number of nitrogens with one attached hydrogen (secondary N) is 1. The number of hydrogen-bond donors (Lipinski definition) is 2. The van der Waals surface area contributed by atoms with Crippen LogP contribution in [0.4, 0.5) is 0 Å². The average Bonchev–Trinajstić information content (AvgIpc) is 2.47. The van der Waals surface area contributed by atoms with Crippen molar-refractivity contribution in [2.75, 3.05) is 0 Å². The van der Waals surface area contributed by atoms with Gasteiger partial charge < -0.3 is 0 Å². The van der Waals surface area contributed by atoms with E-state index in [2.05, 4.69) is 9.80 Å². The van der Waals surface area contributed by atoms with Crippen LogP contribution in [0.3, 0.4) is 0 Å². The Kier molecular flexibility index (Phi) is 2.39. The van der Waals surface area contributed by atoms with Crippen LogP contribution in [0.25, 0.3) is 0 Å². The number of aromatic nitrogens is 1. The van der Waals surface area contributed by atoms with Gasteiger partial charge in [0.2, 0.25) is 0 Å². The van der Waals surface area contributed by atoms with Crippen molar-refractivity contribution in [3.05, 3.63) is 17.1 Å². The Bertz CT molecular complexity index is 230. The van der Waals surface area contributed by atoms with Crippen molar-refractivity contribution in [2.45, 2.75) is 25.3 Å². The highest BCUT2D eigenvalue weighted by atomic mass is 32.1. The van der Waals surface area contributed by atoms with Crippen LogP contribution in [0.15, 0.2) is 11.4 Å². The number of nitrogens with two attached hydrogens (primary N) is 1. The van der Waals surface area contributed by atoms with Crippen molar-refractivity contribution in [3.8, 4) is 0 Å². The Hall–Kier alpha value is -0.450. The van der Waals surface area contributed by atoms with Crippen molar-refractivity contribution in [1.29, 1.82) is 0 Å². The Labute approximate surface area is 76.1 Å². The minimum absolute atomic E-state index is 0.282. The van der Waals surface area contributed by atoms with Gasteiger partial charge in [-0.1, -0.05) is 6.42 Å². The van der Waals surface area contributed by atoms with Gasteiger partial charge in [-0.2, -0.15) is 4.37 Å². The molecule has 4 heteroatoms. The van der Waals surface area contributed by atoms with E-state index < -0.39 is 0 Å². The smallest absolute Gasteiger partial charge is 0.0727 e. The Morgan fingerprint density at radius 2 is 2.50 bits per heavy atom. The summed E-state index contributed by atoms with van der Waals surface area (Å²) in [6.45, 7) is 0. The zero-order valence-corrected chi connectivity index (χ0v) is 7.68. The van der Waals surface area contributed by atoms with Crippen molar-refractivity contribution >= 4 is 11.5 Å². The molecule has 2 rings (SSSR count). The number of nitrogens with zero attached hydrogens (tertiary/aromatic N) is 1. The molecule has 66 valence electrons. The lowest BCUT2D eigenvalue weighted by Gasteiger charge is -2.32. The van der Waals surface area contributed by atoms with Crippen LogP contribution in [-0.4, -0.2) is 4.37 Å². The van der Waals surface area contributed by atoms with Gasteiger partial charge in [0.05, 0.1) is 11.7 Å². The van der Waals surface area contributed by atoms with Gasteiger partial charge >= 0.3 is 0 Å². The maximum absolute atomic E-state index is 5.49. The molecule has 0 aliphatic heterocycles. The first-order valence-electron chi connectivity index (χ1n) is 4.28. The molecule has 0 amide bonds. The monoisotopic (exact) mass is 183 g/mol. The second kappa shape index (κ2) is 3.51. The summed E-state index contributed by atoms with van der Waals surface area (Å²) in [5.41, 5.74) is 3.95. The van der Waals surface area contributed by atoms with Gasteiger partial charge in [-0.3, -0.25) is 11.3 Å². The molecule has 1 saturated carbocycles. The predicted molar refractivity (Wildman–Crippen MR) is 49.5 cm³/mol. The van der Waals surface area contributed by atoms with Crippen LogP contribution in [0, 0.1) is 5.92 Å². The summed E-state index contributed by atoms with van der Waals surface area (Å²) in [7, 11) is 0. The van der Waals surface area contributed by atoms with Crippen molar-refractivity contribution in [3.63, 3.8) is 0 Å². The van der Waals surface area contributed by atoms with Gasteiger partial charge in [0.15, 0.2) is 0 Å². The summed E-state index contributed by atoms with van der Waals surface area (Å²) in [5.74, 6) is 6.19. The maximum atomic E-state index is 5.49. The third-order valence-electron chi connectivity index (χ3n) is 2.58. The first-order valence-corrected chi connectivity index (χ1v) is 5.12. The van der Waals surface area contributed by atoms with E-state index >= 15 is 0 Å². The molecular weight excluding hydrogens is 170 g/mol. The molecule has 12 heavy (non-hydrogen) atoms. The quantitative estimate of drug-likeness (QED) is 0.551. The molecular formula is C8H13N3S. The van der Waals surface area contributed by atoms with Crippen molar-refractivity contribution < 1.29 is 0 Å². The second-order valence-electron chi connectivity index (χ2n) is 3.26. The molecule has 3 nitrogen and oxygen atoms in total. The molecule has 1 heterocycles. The summed E-state index contributed by atoms with van der Waals surface area (Å²) >= 11 is 1.49. The third-order valence-corrected chi connectivity index (χ3v) is 3.15. The van der Waals surface area contributed by atoms with Gasteiger partial charge in [-0.05, 0) is 36.4 Å². The first-order chi connectivity index (χ1) is 5.92.